The first-order valence-corrected chi connectivity index (χ1v) is 6.25. The average Bonchev–Trinajstić information content (AvgIpc) is 2.38. The maximum Gasteiger partial charge on any atom is 0.221 e. The van der Waals surface area contributed by atoms with Gasteiger partial charge < -0.3 is 10.2 Å². The maximum atomic E-state index is 11.8. The number of benzene rings is 1. The van der Waals surface area contributed by atoms with Crippen LogP contribution in [-0.2, 0) is 4.79 Å². The molecular formula is C15H22N2O2. The van der Waals surface area contributed by atoms with E-state index in [1.54, 1.807) is 35.4 Å². The number of anilines is 1. The van der Waals surface area contributed by atoms with Crippen LogP contribution in [0.3, 0.4) is 0 Å². The van der Waals surface area contributed by atoms with Crippen LogP contribution in [0, 0.1) is 0 Å². The molecule has 1 rings (SSSR count). The molecule has 4 nitrogen and oxygen atoms in total. The largest absolute Gasteiger partial charge is 0.383 e. The number of nitrogens with one attached hydrogen (secondary N) is 1. The monoisotopic (exact) mass is 262 g/mol. The van der Waals surface area contributed by atoms with Crippen molar-refractivity contribution in [1.82, 2.24) is 4.90 Å². The molecule has 1 aromatic rings. The molecule has 1 amide bonds. The van der Waals surface area contributed by atoms with Gasteiger partial charge in [0.2, 0.25) is 5.91 Å². The zero-order valence-corrected chi connectivity index (χ0v) is 12.2. The van der Waals surface area contributed by atoms with Gasteiger partial charge in [-0.2, -0.15) is 0 Å². The van der Waals surface area contributed by atoms with Crippen LogP contribution in [0.2, 0.25) is 0 Å². The SMILES string of the molecule is CC.CC(=O)Nc1cccc(C(=O)/C=C/N(C)C)c1. The Hall–Kier alpha value is -2.10. The summed E-state index contributed by atoms with van der Waals surface area (Å²) in [6.07, 6.45) is 3.18. The molecule has 0 atom stereocenters. The van der Waals surface area contributed by atoms with E-state index in [1.165, 1.54) is 13.0 Å². The van der Waals surface area contributed by atoms with Crippen molar-refractivity contribution >= 4 is 17.4 Å². The summed E-state index contributed by atoms with van der Waals surface area (Å²) < 4.78 is 0. The van der Waals surface area contributed by atoms with E-state index in [4.69, 9.17) is 0 Å². The molecule has 0 aliphatic heterocycles. The van der Waals surface area contributed by atoms with Gasteiger partial charge >= 0.3 is 0 Å². The van der Waals surface area contributed by atoms with Gasteiger partial charge in [-0.05, 0) is 12.1 Å². The second-order valence-corrected chi connectivity index (χ2v) is 3.91. The van der Waals surface area contributed by atoms with Crippen molar-refractivity contribution in [2.24, 2.45) is 0 Å². The lowest BCUT2D eigenvalue weighted by Crippen LogP contribution is -2.07. The van der Waals surface area contributed by atoms with E-state index in [0.717, 1.165) is 0 Å². The molecule has 0 aliphatic carbocycles. The quantitative estimate of drug-likeness (QED) is 0.670. The molecule has 0 aromatic heterocycles. The van der Waals surface area contributed by atoms with Crippen molar-refractivity contribution in [3.63, 3.8) is 0 Å². The van der Waals surface area contributed by atoms with Crippen LogP contribution in [0.5, 0.6) is 0 Å². The summed E-state index contributed by atoms with van der Waals surface area (Å²) >= 11 is 0. The second kappa shape index (κ2) is 8.91. The number of rotatable bonds is 4. The molecule has 104 valence electrons. The van der Waals surface area contributed by atoms with Gasteiger partial charge in [0.15, 0.2) is 5.78 Å². The number of amides is 1. The predicted octanol–water partition coefficient (Wildman–Crippen LogP) is 2.93. The van der Waals surface area contributed by atoms with Gasteiger partial charge in [-0.3, -0.25) is 9.59 Å². The van der Waals surface area contributed by atoms with Gasteiger partial charge in [0.1, 0.15) is 0 Å². The van der Waals surface area contributed by atoms with Crippen LogP contribution in [0.1, 0.15) is 31.1 Å². The summed E-state index contributed by atoms with van der Waals surface area (Å²) in [5.41, 5.74) is 1.18. The topological polar surface area (TPSA) is 49.4 Å². The zero-order chi connectivity index (χ0) is 14.8. The molecular weight excluding hydrogens is 240 g/mol. The highest BCUT2D eigenvalue weighted by atomic mass is 16.1. The lowest BCUT2D eigenvalue weighted by atomic mass is 10.1. The first-order valence-electron chi connectivity index (χ1n) is 6.25. The van der Waals surface area contributed by atoms with Gasteiger partial charge in [0.05, 0.1) is 0 Å². The highest BCUT2D eigenvalue weighted by molar-refractivity contribution is 6.05. The Kier molecular flexibility index (Phi) is 7.93. The van der Waals surface area contributed by atoms with Crippen molar-refractivity contribution in [3.8, 4) is 0 Å². The Labute approximate surface area is 115 Å². The molecule has 0 unspecified atom stereocenters. The molecule has 0 saturated heterocycles. The smallest absolute Gasteiger partial charge is 0.221 e. The third-order valence-corrected chi connectivity index (χ3v) is 1.99. The molecule has 0 bridgehead atoms. The summed E-state index contributed by atoms with van der Waals surface area (Å²) in [7, 11) is 3.69. The van der Waals surface area contributed by atoms with E-state index in [2.05, 4.69) is 5.32 Å². The first-order chi connectivity index (χ1) is 8.99. The summed E-state index contributed by atoms with van der Waals surface area (Å²) in [6, 6.07) is 6.85. The maximum absolute atomic E-state index is 11.8. The van der Waals surface area contributed by atoms with Crippen molar-refractivity contribution in [2.45, 2.75) is 20.8 Å². The first kappa shape index (κ1) is 16.9. The number of hydrogen-bond donors (Lipinski definition) is 1. The van der Waals surface area contributed by atoms with E-state index < -0.39 is 0 Å². The van der Waals surface area contributed by atoms with Crippen LogP contribution in [0.25, 0.3) is 0 Å². The predicted molar refractivity (Wildman–Crippen MR) is 79.3 cm³/mol. The lowest BCUT2D eigenvalue weighted by Gasteiger charge is -2.05. The van der Waals surface area contributed by atoms with Crippen molar-refractivity contribution < 1.29 is 9.59 Å². The molecule has 1 N–H and O–H groups in total. The van der Waals surface area contributed by atoms with Crippen molar-refractivity contribution in [3.05, 3.63) is 42.1 Å². The summed E-state index contributed by atoms with van der Waals surface area (Å²) in [5.74, 6) is -0.246. The highest BCUT2D eigenvalue weighted by Crippen LogP contribution is 2.11. The molecule has 0 heterocycles. The van der Waals surface area contributed by atoms with Gasteiger partial charge in [-0.25, -0.2) is 0 Å². The second-order valence-electron chi connectivity index (χ2n) is 3.91. The van der Waals surface area contributed by atoms with Crippen LogP contribution in [0.4, 0.5) is 5.69 Å². The van der Waals surface area contributed by atoms with Gasteiger partial charge in [-0.15, -0.1) is 0 Å². The van der Waals surface area contributed by atoms with E-state index in [9.17, 15) is 9.59 Å². The Morgan fingerprint density at radius 3 is 2.37 bits per heavy atom. The van der Waals surface area contributed by atoms with E-state index in [1.807, 2.05) is 27.9 Å². The van der Waals surface area contributed by atoms with Crippen LogP contribution in [-0.4, -0.2) is 30.7 Å². The summed E-state index contributed by atoms with van der Waals surface area (Å²) in [5, 5.41) is 2.64. The zero-order valence-electron chi connectivity index (χ0n) is 12.2. The molecule has 0 fully saturated rings. The third-order valence-electron chi connectivity index (χ3n) is 1.99. The van der Waals surface area contributed by atoms with E-state index in [-0.39, 0.29) is 11.7 Å². The number of carbonyl (C=O) groups is 2. The number of nitrogens with zero attached hydrogens (tertiary/aromatic N) is 1. The minimum Gasteiger partial charge on any atom is -0.383 e. The Morgan fingerprint density at radius 2 is 1.84 bits per heavy atom. The Balaban J connectivity index is 0.00000154. The fourth-order valence-corrected chi connectivity index (χ4v) is 1.27. The standard InChI is InChI=1S/C13H16N2O2.C2H6/c1-10(16)14-12-6-4-5-11(9-12)13(17)7-8-15(2)3;1-2/h4-9H,1-3H3,(H,14,16);1-2H3/b8-7+;. The number of carbonyl (C=O) groups excluding carboxylic acids is 2. The van der Waals surface area contributed by atoms with Gasteiger partial charge in [-0.1, -0.05) is 26.0 Å². The van der Waals surface area contributed by atoms with Crippen LogP contribution in [0.15, 0.2) is 36.5 Å². The van der Waals surface area contributed by atoms with Gasteiger partial charge in [0.25, 0.3) is 0 Å². The Bertz CT molecular complexity index is 451. The molecule has 0 radical (unpaired) electrons. The normalized spacial score (nSPS) is 9.53. The van der Waals surface area contributed by atoms with Crippen LogP contribution < -0.4 is 5.32 Å². The highest BCUT2D eigenvalue weighted by Gasteiger charge is 2.03. The lowest BCUT2D eigenvalue weighted by molar-refractivity contribution is -0.114. The minimum atomic E-state index is -0.154. The fourth-order valence-electron chi connectivity index (χ4n) is 1.27. The average molecular weight is 262 g/mol. The molecule has 1 aromatic carbocycles. The third kappa shape index (κ3) is 7.03. The van der Waals surface area contributed by atoms with Gasteiger partial charge in [0, 0.05) is 44.5 Å². The fraction of sp³-hybridized carbons (Fsp3) is 0.333. The number of allylic oxidation sites excluding steroid dienone is 1. The Morgan fingerprint density at radius 1 is 1.21 bits per heavy atom. The summed E-state index contributed by atoms with van der Waals surface area (Å²) in [4.78, 5) is 24.4. The molecule has 19 heavy (non-hydrogen) atoms. The number of hydrogen-bond acceptors (Lipinski definition) is 3. The molecule has 0 saturated carbocycles. The number of ketones is 1. The minimum absolute atomic E-state index is 0.0918. The van der Waals surface area contributed by atoms with Crippen molar-refractivity contribution in [2.75, 3.05) is 19.4 Å². The molecule has 4 heteroatoms. The van der Waals surface area contributed by atoms with E-state index in [0.29, 0.717) is 11.3 Å². The van der Waals surface area contributed by atoms with E-state index >= 15 is 0 Å². The summed E-state index contributed by atoms with van der Waals surface area (Å²) in [6.45, 7) is 5.43. The van der Waals surface area contributed by atoms with Crippen LogP contribution >= 0.6 is 0 Å². The molecule has 0 aliphatic rings. The molecule has 0 spiro atoms. The van der Waals surface area contributed by atoms with Crippen molar-refractivity contribution in [1.29, 1.82) is 0 Å².